The van der Waals surface area contributed by atoms with E-state index in [4.69, 9.17) is 16.9 Å². The van der Waals surface area contributed by atoms with Crippen molar-refractivity contribution in [1.29, 1.82) is 5.26 Å². The third kappa shape index (κ3) is 3.81. The zero-order chi connectivity index (χ0) is 14.8. The Labute approximate surface area is 120 Å². The quantitative estimate of drug-likeness (QED) is 0.637. The highest BCUT2D eigenvalue weighted by Gasteiger charge is 2.47. The molecule has 3 unspecified atom stereocenters. The second-order valence-electron chi connectivity index (χ2n) is 5.96. The van der Waals surface area contributed by atoms with E-state index >= 15 is 0 Å². The Morgan fingerprint density at radius 3 is 2.58 bits per heavy atom. The Balaban J connectivity index is 2.86. The molecule has 0 aromatic heterocycles. The van der Waals surface area contributed by atoms with Crippen molar-refractivity contribution in [3.8, 4) is 6.07 Å². The summed E-state index contributed by atoms with van der Waals surface area (Å²) in [6.45, 7) is 7.10. The van der Waals surface area contributed by atoms with Crippen molar-refractivity contribution in [3.63, 3.8) is 0 Å². The molecule has 0 heterocycles. The van der Waals surface area contributed by atoms with Gasteiger partial charge >= 0.3 is 0 Å². The highest BCUT2D eigenvalue weighted by atomic mass is 35.5. The SMILES string of the molecule is CC(=O)/C=C(/C)C(C)[C@@H](Cl)C1C[C@@H](C#N)CC1(C)O. The molecule has 0 spiro atoms. The van der Waals surface area contributed by atoms with Gasteiger partial charge < -0.3 is 5.11 Å². The summed E-state index contributed by atoms with van der Waals surface area (Å²) in [5, 5.41) is 19.1. The molecule has 0 aromatic rings. The van der Waals surface area contributed by atoms with E-state index in [1.807, 2.05) is 13.8 Å². The van der Waals surface area contributed by atoms with E-state index in [9.17, 15) is 9.90 Å². The summed E-state index contributed by atoms with van der Waals surface area (Å²) < 4.78 is 0. The van der Waals surface area contributed by atoms with Crippen LogP contribution in [-0.2, 0) is 4.79 Å². The van der Waals surface area contributed by atoms with Crippen molar-refractivity contribution >= 4 is 17.4 Å². The molecule has 5 atom stereocenters. The van der Waals surface area contributed by atoms with E-state index in [0.717, 1.165) is 5.57 Å². The molecule has 3 nitrogen and oxygen atoms in total. The fourth-order valence-electron chi connectivity index (χ4n) is 2.92. The summed E-state index contributed by atoms with van der Waals surface area (Å²) in [7, 11) is 0. The summed E-state index contributed by atoms with van der Waals surface area (Å²) >= 11 is 6.50. The number of alkyl halides is 1. The molecule has 1 fully saturated rings. The molecule has 19 heavy (non-hydrogen) atoms. The van der Waals surface area contributed by atoms with Crippen molar-refractivity contribution < 1.29 is 9.90 Å². The van der Waals surface area contributed by atoms with Crippen LogP contribution in [0.3, 0.4) is 0 Å². The highest BCUT2D eigenvalue weighted by molar-refractivity contribution is 6.21. The molecule has 1 N–H and O–H groups in total. The minimum atomic E-state index is -0.905. The lowest BCUT2D eigenvalue weighted by Gasteiger charge is -2.32. The first-order valence-electron chi connectivity index (χ1n) is 6.64. The van der Waals surface area contributed by atoms with Crippen LogP contribution in [0.2, 0.25) is 0 Å². The number of hydrogen-bond donors (Lipinski definition) is 1. The number of halogens is 1. The standard InChI is InChI=1S/C15H22ClNO2/c1-9(5-10(2)18)11(3)14(16)13-6-12(8-17)7-15(13,4)19/h5,11-14,19H,6-7H2,1-4H3/b9-5-/t11?,12-,13?,14-,15?/m1/s1. The number of allylic oxidation sites excluding steroid dienone is 2. The summed E-state index contributed by atoms with van der Waals surface area (Å²) in [5.74, 6) is -0.254. The van der Waals surface area contributed by atoms with Crippen LogP contribution < -0.4 is 0 Å². The number of ketones is 1. The van der Waals surface area contributed by atoms with Gasteiger partial charge in [0.15, 0.2) is 5.78 Å². The van der Waals surface area contributed by atoms with Crippen LogP contribution >= 0.6 is 11.6 Å². The van der Waals surface area contributed by atoms with Crippen LogP contribution in [0.4, 0.5) is 0 Å². The maximum atomic E-state index is 11.1. The predicted octanol–water partition coefficient (Wildman–Crippen LogP) is 3.07. The van der Waals surface area contributed by atoms with E-state index < -0.39 is 5.60 Å². The lowest BCUT2D eigenvalue weighted by molar-refractivity contribution is -0.112. The zero-order valence-electron chi connectivity index (χ0n) is 12.0. The van der Waals surface area contributed by atoms with E-state index in [0.29, 0.717) is 12.8 Å². The monoisotopic (exact) mass is 283 g/mol. The number of nitriles is 1. The molecule has 106 valence electrons. The molecule has 1 saturated carbocycles. The fraction of sp³-hybridized carbons (Fsp3) is 0.733. The second kappa shape index (κ2) is 6.07. The molecule has 1 aliphatic carbocycles. The van der Waals surface area contributed by atoms with Gasteiger partial charge in [-0.3, -0.25) is 4.79 Å². The van der Waals surface area contributed by atoms with Crippen LogP contribution in [0, 0.1) is 29.1 Å². The molecule has 0 amide bonds. The summed E-state index contributed by atoms with van der Waals surface area (Å²) in [6.07, 6.45) is 2.68. The second-order valence-corrected chi connectivity index (χ2v) is 6.47. The van der Waals surface area contributed by atoms with E-state index in [1.54, 1.807) is 13.0 Å². The van der Waals surface area contributed by atoms with E-state index in [2.05, 4.69) is 6.07 Å². The number of nitrogens with zero attached hydrogens (tertiary/aromatic N) is 1. The molecule has 0 bridgehead atoms. The number of rotatable bonds is 4. The first-order chi connectivity index (χ1) is 8.69. The van der Waals surface area contributed by atoms with Crippen molar-refractivity contribution in [2.45, 2.75) is 51.5 Å². The van der Waals surface area contributed by atoms with Crippen LogP contribution in [0.25, 0.3) is 0 Å². The molecular formula is C15H22ClNO2. The van der Waals surface area contributed by atoms with Crippen LogP contribution in [0.15, 0.2) is 11.6 Å². The highest BCUT2D eigenvalue weighted by Crippen LogP contribution is 2.45. The van der Waals surface area contributed by atoms with Gasteiger partial charge in [0.25, 0.3) is 0 Å². The van der Waals surface area contributed by atoms with Gasteiger partial charge in [-0.1, -0.05) is 12.5 Å². The third-order valence-corrected chi connectivity index (χ3v) is 4.87. The summed E-state index contributed by atoms with van der Waals surface area (Å²) in [6, 6.07) is 2.22. The topological polar surface area (TPSA) is 61.1 Å². The number of aliphatic hydroxyl groups is 1. The number of carbonyl (C=O) groups is 1. The van der Waals surface area contributed by atoms with Gasteiger partial charge in [-0.25, -0.2) is 0 Å². The van der Waals surface area contributed by atoms with Gasteiger partial charge in [0.2, 0.25) is 0 Å². The summed E-state index contributed by atoms with van der Waals surface area (Å²) in [4.78, 5) is 11.1. The molecule has 0 radical (unpaired) electrons. The largest absolute Gasteiger partial charge is 0.390 e. The Hall–Kier alpha value is -0.850. The Bertz CT molecular complexity index is 422. The van der Waals surface area contributed by atoms with Crippen molar-refractivity contribution in [2.75, 3.05) is 0 Å². The maximum absolute atomic E-state index is 11.1. The van der Waals surface area contributed by atoms with Crippen LogP contribution in [-0.4, -0.2) is 21.9 Å². The molecular weight excluding hydrogens is 262 g/mol. The van der Waals surface area contributed by atoms with E-state index in [-0.39, 0.29) is 28.9 Å². The third-order valence-electron chi connectivity index (χ3n) is 4.19. The van der Waals surface area contributed by atoms with Crippen LogP contribution in [0.5, 0.6) is 0 Å². The molecule has 0 aromatic carbocycles. The maximum Gasteiger partial charge on any atom is 0.152 e. The first-order valence-corrected chi connectivity index (χ1v) is 7.07. The molecule has 4 heteroatoms. The van der Waals surface area contributed by atoms with Crippen molar-refractivity contribution in [2.24, 2.45) is 17.8 Å². The molecule has 1 rings (SSSR count). The zero-order valence-corrected chi connectivity index (χ0v) is 12.7. The Kier molecular flexibility index (Phi) is 5.18. The minimum absolute atomic E-state index is 0.000477. The smallest absolute Gasteiger partial charge is 0.152 e. The molecule has 1 aliphatic rings. The summed E-state index contributed by atoms with van der Waals surface area (Å²) in [5.41, 5.74) is 0.0149. The average Bonchev–Trinajstić information content (AvgIpc) is 2.61. The first kappa shape index (κ1) is 16.2. The van der Waals surface area contributed by atoms with Gasteiger partial charge in [-0.2, -0.15) is 5.26 Å². The fourth-order valence-corrected chi connectivity index (χ4v) is 3.49. The lowest BCUT2D eigenvalue weighted by Crippen LogP contribution is -2.38. The lowest BCUT2D eigenvalue weighted by atomic mass is 9.82. The van der Waals surface area contributed by atoms with Gasteiger partial charge in [0, 0.05) is 17.2 Å². The normalized spacial score (nSPS) is 34.7. The predicted molar refractivity (Wildman–Crippen MR) is 75.7 cm³/mol. The van der Waals surface area contributed by atoms with Crippen LogP contribution in [0.1, 0.15) is 40.5 Å². The average molecular weight is 284 g/mol. The van der Waals surface area contributed by atoms with Gasteiger partial charge in [0.1, 0.15) is 0 Å². The van der Waals surface area contributed by atoms with Crippen molar-refractivity contribution in [1.82, 2.24) is 0 Å². The van der Waals surface area contributed by atoms with Crippen molar-refractivity contribution in [3.05, 3.63) is 11.6 Å². The minimum Gasteiger partial charge on any atom is -0.390 e. The Morgan fingerprint density at radius 1 is 1.58 bits per heavy atom. The van der Waals surface area contributed by atoms with E-state index in [1.165, 1.54) is 6.92 Å². The number of carbonyl (C=O) groups excluding carboxylic acids is 1. The van der Waals surface area contributed by atoms with Gasteiger partial charge in [0.05, 0.1) is 11.7 Å². The van der Waals surface area contributed by atoms with Gasteiger partial charge in [-0.15, -0.1) is 11.6 Å². The Morgan fingerprint density at radius 2 is 2.16 bits per heavy atom. The van der Waals surface area contributed by atoms with Gasteiger partial charge in [-0.05, 0) is 45.6 Å². The number of hydrogen-bond acceptors (Lipinski definition) is 3. The molecule has 0 saturated heterocycles. The molecule has 0 aliphatic heterocycles.